The zero-order valence-electron chi connectivity index (χ0n) is 13.5. The van der Waals surface area contributed by atoms with Gasteiger partial charge < -0.3 is 10.6 Å². The first-order valence-corrected chi connectivity index (χ1v) is 9.02. The molecule has 0 spiro atoms. The molecule has 130 valence electrons. The number of anilines is 1. The molecule has 1 amide bonds. The van der Waals surface area contributed by atoms with Crippen LogP contribution in [0.15, 0.2) is 24.4 Å². The monoisotopic (exact) mass is 385 g/mol. The van der Waals surface area contributed by atoms with Crippen molar-refractivity contribution in [3.63, 3.8) is 0 Å². The number of benzene rings is 1. The highest BCUT2D eigenvalue weighted by Gasteiger charge is 2.21. The first kappa shape index (κ1) is 19.2. The van der Waals surface area contributed by atoms with Gasteiger partial charge in [-0.3, -0.25) is 4.79 Å². The molecule has 2 aromatic rings. The Morgan fingerprint density at radius 2 is 2.33 bits per heavy atom. The van der Waals surface area contributed by atoms with Crippen molar-refractivity contribution in [2.45, 2.75) is 26.2 Å². The Labute approximate surface area is 157 Å². The maximum absolute atomic E-state index is 12.2. The fourth-order valence-electron chi connectivity index (χ4n) is 2.78. The number of carbonyl (C=O) groups is 1. The van der Waals surface area contributed by atoms with Gasteiger partial charge in [-0.15, -0.1) is 23.7 Å². The van der Waals surface area contributed by atoms with Gasteiger partial charge in [0.05, 0.1) is 5.92 Å². The number of piperidine rings is 1. The molecular formula is C17H21Cl2N3OS. The predicted molar refractivity (Wildman–Crippen MR) is 103 cm³/mol. The molecule has 0 aliphatic carbocycles. The molecule has 1 unspecified atom stereocenters. The Kier molecular flexibility index (Phi) is 7.04. The minimum Gasteiger partial charge on any atom is -0.316 e. The Morgan fingerprint density at radius 1 is 1.50 bits per heavy atom. The fourth-order valence-corrected chi connectivity index (χ4v) is 3.84. The third-order valence-electron chi connectivity index (χ3n) is 4.12. The van der Waals surface area contributed by atoms with Crippen LogP contribution in [0, 0.1) is 12.8 Å². The SMILES string of the molecule is Cc1cc(Cl)ccc1Cc1cnc(NC(=O)C2CCCNC2)s1.Cl. The maximum atomic E-state index is 12.2. The van der Waals surface area contributed by atoms with E-state index in [-0.39, 0.29) is 24.2 Å². The number of carbonyl (C=O) groups excluding carboxylic acids is 1. The summed E-state index contributed by atoms with van der Waals surface area (Å²) in [6, 6.07) is 5.92. The van der Waals surface area contributed by atoms with E-state index in [1.54, 1.807) is 0 Å². The van der Waals surface area contributed by atoms with E-state index in [1.165, 1.54) is 22.5 Å². The highest BCUT2D eigenvalue weighted by molar-refractivity contribution is 7.15. The molecule has 0 radical (unpaired) electrons. The van der Waals surface area contributed by atoms with Gasteiger partial charge in [-0.05, 0) is 49.6 Å². The molecule has 4 nitrogen and oxygen atoms in total. The lowest BCUT2D eigenvalue weighted by atomic mass is 9.99. The number of hydrogen-bond acceptors (Lipinski definition) is 4. The Bertz CT molecular complexity index is 699. The highest BCUT2D eigenvalue weighted by Crippen LogP contribution is 2.24. The van der Waals surface area contributed by atoms with Crippen LogP contribution in [0.25, 0.3) is 0 Å². The molecule has 1 atom stereocenters. The summed E-state index contributed by atoms with van der Waals surface area (Å²) >= 11 is 7.53. The smallest absolute Gasteiger partial charge is 0.230 e. The van der Waals surface area contributed by atoms with E-state index in [4.69, 9.17) is 11.6 Å². The number of nitrogens with zero attached hydrogens (tertiary/aromatic N) is 1. The summed E-state index contributed by atoms with van der Waals surface area (Å²) in [4.78, 5) is 17.7. The van der Waals surface area contributed by atoms with Gasteiger partial charge >= 0.3 is 0 Å². The summed E-state index contributed by atoms with van der Waals surface area (Å²) in [5, 5.41) is 7.65. The summed E-state index contributed by atoms with van der Waals surface area (Å²) in [7, 11) is 0. The molecule has 2 heterocycles. The summed E-state index contributed by atoms with van der Waals surface area (Å²) in [5.74, 6) is 0.121. The normalized spacial score (nSPS) is 17.2. The molecule has 1 aliphatic heterocycles. The summed E-state index contributed by atoms with van der Waals surface area (Å²) < 4.78 is 0. The number of halogens is 2. The van der Waals surface area contributed by atoms with Crippen LogP contribution in [0.1, 0.15) is 28.8 Å². The van der Waals surface area contributed by atoms with Crippen LogP contribution in [-0.4, -0.2) is 24.0 Å². The van der Waals surface area contributed by atoms with Crippen molar-refractivity contribution in [1.29, 1.82) is 0 Å². The number of hydrogen-bond donors (Lipinski definition) is 2. The molecule has 1 aliphatic rings. The zero-order chi connectivity index (χ0) is 16.2. The molecule has 1 aromatic carbocycles. The van der Waals surface area contributed by atoms with Crippen LogP contribution < -0.4 is 10.6 Å². The summed E-state index contributed by atoms with van der Waals surface area (Å²) in [5.41, 5.74) is 2.40. The fraction of sp³-hybridized carbons (Fsp3) is 0.412. The van der Waals surface area contributed by atoms with Gasteiger partial charge in [0, 0.05) is 29.1 Å². The van der Waals surface area contributed by atoms with Crippen LogP contribution in [0.2, 0.25) is 5.02 Å². The average molecular weight is 386 g/mol. The van der Waals surface area contributed by atoms with Crippen molar-refractivity contribution in [2.75, 3.05) is 18.4 Å². The number of thiazole rings is 1. The molecule has 2 N–H and O–H groups in total. The predicted octanol–water partition coefficient (Wildman–Crippen LogP) is 4.06. The van der Waals surface area contributed by atoms with E-state index in [1.807, 2.05) is 24.4 Å². The van der Waals surface area contributed by atoms with Gasteiger partial charge in [0.2, 0.25) is 5.91 Å². The summed E-state index contributed by atoms with van der Waals surface area (Å²) in [6.45, 7) is 3.82. The largest absolute Gasteiger partial charge is 0.316 e. The minimum absolute atomic E-state index is 0. The molecule has 1 aromatic heterocycles. The van der Waals surface area contributed by atoms with Crippen molar-refractivity contribution < 1.29 is 4.79 Å². The average Bonchev–Trinajstić information content (AvgIpc) is 2.98. The molecule has 0 saturated carbocycles. The number of amides is 1. The van der Waals surface area contributed by atoms with Crippen molar-refractivity contribution >= 4 is 46.4 Å². The quantitative estimate of drug-likeness (QED) is 0.834. The van der Waals surface area contributed by atoms with Gasteiger partial charge in [0.25, 0.3) is 0 Å². The summed E-state index contributed by atoms with van der Waals surface area (Å²) in [6.07, 6.45) is 4.65. The van der Waals surface area contributed by atoms with Gasteiger partial charge in [-0.1, -0.05) is 17.7 Å². The Hall–Kier alpha value is -1.14. The van der Waals surface area contributed by atoms with E-state index in [0.717, 1.165) is 42.3 Å². The first-order valence-electron chi connectivity index (χ1n) is 7.83. The standard InChI is InChI=1S/C17H20ClN3OS.ClH/c1-11-7-14(18)5-4-12(11)8-15-10-20-17(23-15)21-16(22)13-3-2-6-19-9-13;/h4-5,7,10,13,19H,2-3,6,8-9H2,1H3,(H,20,21,22);1H. The zero-order valence-corrected chi connectivity index (χ0v) is 15.9. The third kappa shape index (κ3) is 4.93. The van der Waals surface area contributed by atoms with Crippen LogP contribution in [-0.2, 0) is 11.2 Å². The van der Waals surface area contributed by atoms with Crippen LogP contribution in [0.4, 0.5) is 5.13 Å². The van der Waals surface area contributed by atoms with Gasteiger partial charge in [-0.25, -0.2) is 4.98 Å². The van der Waals surface area contributed by atoms with Gasteiger partial charge in [-0.2, -0.15) is 0 Å². The second kappa shape index (κ2) is 8.81. The van der Waals surface area contributed by atoms with Gasteiger partial charge in [0.1, 0.15) is 0 Å². The highest BCUT2D eigenvalue weighted by atomic mass is 35.5. The number of rotatable bonds is 4. The number of aromatic nitrogens is 1. The molecule has 1 fully saturated rings. The van der Waals surface area contributed by atoms with E-state index in [0.29, 0.717) is 5.13 Å². The second-order valence-electron chi connectivity index (χ2n) is 5.91. The lowest BCUT2D eigenvalue weighted by molar-refractivity contribution is -0.120. The molecule has 3 rings (SSSR count). The van der Waals surface area contributed by atoms with E-state index < -0.39 is 0 Å². The lowest BCUT2D eigenvalue weighted by Crippen LogP contribution is -2.37. The number of aryl methyl sites for hydroxylation is 1. The van der Waals surface area contributed by atoms with E-state index in [2.05, 4.69) is 22.5 Å². The second-order valence-corrected chi connectivity index (χ2v) is 7.46. The minimum atomic E-state index is 0. The number of nitrogens with one attached hydrogen (secondary N) is 2. The first-order chi connectivity index (χ1) is 11.1. The lowest BCUT2D eigenvalue weighted by Gasteiger charge is -2.21. The van der Waals surface area contributed by atoms with Gasteiger partial charge in [0.15, 0.2) is 5.13 Å². The van der Waals surface area contributed by atoms with E-state index in [9.17, 15) is 4.79 Å². The van der Waals surface area contributed by atoms with Crippen LogP contribution >= 0.6 is 35.3 Å². The van der Waals surface area contributed by atoms with Crippen molar-refractivity contribution in [1.82, 2.24) is 10.3 Å². The molecule has 1 saturated heterocycles. The third-order valence-corrected chi connectivity index (χ3v) is 5.27. The van der Waals surface area contributed by atoms with Crippen LogP contribution in [0.5, 0.6) is 0 Å². The maximum Gasteiger partial charge on any atom is 0.230 e. The Morgan fingerprint density at radius 3 is 3.04 bits per heavy atom. The van der Waals surface area contributed by atoms with Crippen molar-refractivity contribution in [3.8, 4) is 0 Å². The van der Waals surface area contributed by atoms with Crippen molar-refractivity contribution in [2.24, 2.45) is 5.92 Å². The molecular weight excluding hydrogens is 365 g/mol. The Balaban J connectivity index is 0.00000208. The molecule has 7 heteroatoms. The molecule has 24 heavy (non-hydrogen) atoms. The van der Waals surface area contributed by atoms with Crippen molar-refractivity contribution in [3.05, 3.63) is 45.4 Å². The van der Waals surface area contributed by atoms with Crippen LogP contribution in [0.3, 0.4) is 0 Å². The molecule has 0 bridgehead atoms. The topological polar surface area (TPSA) is 54.0 Å². The van der Waals surface area contributed by atoms with E-state index >= 15 is 0 Å².